The molecule has 1 fully saturated rings. The summed E-state index contributed by atoms with van der Waals surface area (Å²) in [6.07, 6.45) is 0. The Morgan fingerprint density at radius 2 is 2.10 bits per heavy atom. The number of likely N-dealkylation sites (N-methyl/N-ethyl adjacent to an activating group) is 1. The third-order valence-corrected chi connectivity index (χ3v) is 4.03. The summed E-state index contributed by atoms with van der Waals surface area (Å²) >= 11 is 0. The number of hydrogen-bond acceptors (Lipinski definition) is 4. The molecule has 0 amide bonds. The van der Waals surface area contributed by atoms with Crippen molar-refractivity contribution < 1.29 is 19.4 Å². The van der Waals surface area contributed by atoms with Gasteiger partial charge in [-0.3, -0.25) is 9.69 Å². The Morgan fingerprint density at radius 3 is 2.71 bits per heavy atom. The second-order valence-electron chi connectivity index (χ2n) is 5.31. The summed E-state index contributed by atoms with van der Waals surface area (Å²) in [5.74, 6) is -1.22. The topological polar surface area (TPSA) is 59.0 Å². The maximum absolute atomic E-state index is 11.3. The third kappa shape index (κ3) is 3.81. The summed E-state index contributed by atoms with van der Waals surface area (Å²) in [5, 5.41) is 9.31. The van der Waals surface area contributed by atoms with E-state index in [9.17, 15) is 9.90 Å². The van der Waals surface area contributed by atoms with E-state index >= 15 is 0 Å². The van der Waals surface area contributed by atoms with Crippen molar-refractivity contribution in [3.8, 4) is 0 Å². The lowest BCUT2D eigenvalue weighted by atomic mass is 10.0. The molecule has 0 aromatic heterocycles. The van der Waals surface area contributed by atoms with Gasteiger partial charge < -0.3 is 14.6 Å². The summed E-state index contributed by atoms with van der Waals surface area (Å²) < 4.78 is 10.6. The van der Waals surface area contributed by atoms with E-state index in [1.54, 1.807) is 7.11 Å². The van der Waals surface area contributed by atoms with Gasteiger partial charge in [-0.15, -0.1) is 0 Å². The molecule has 21 heavy (non-hydrogen) atoms. The van der Waals surface area contributed by atoms with Crippen LogP contribution in [0, 0.1) is 5.92 Å². The average Bonchev–Trinajstić information content (AvgIpc) is 2.96. The minimum atomic E-state index is -0.777. The molecule has 5 nitrogen and oxygen atoms in total. The number of benzene rings is 1. The quantitative estimate of drug-likeness (QED) is 0.830. The fraction of sp³-hybridized carbons (Fsp3) is 0.562. The maximum Gasteiger partial charge on any atom is 0.310 e. The first-order valence-corrected chi connectivity index (χ1v) is 7.27. The van der Waals surface area contributed by atoms with E-state index < -0.39 is 11.9 Å². The number of nitrogens with zero attached hydrogens (tertiary/aromatic N) is 1. The van der Waals surface area contributed by atoms with Crippen LogP contribution < -0.4 is 0 Å². The van der Waals surface area contributed by atoms with Crippen LogP contribution in [0.1, 0.15) is 18.1 Å². The highest BCUT2D eigenvalue weighted by molar-refractivity contribution is 5.71. The van der Waals surface area contributed by atoms with Gasteiger partial charge in [0.05, 0.1) is 25.7 Å². The van der Waals surface area contributed by atoms with Gasteiger partial charge in [0.25, 0.3) is 0 Å². The van der Waals surface area contributed by atoms with E-state index in [-0.39, 0.29) is 6.04 Å². The van der Waals surface area contributed by atoms with Crippen LogP contribution in [0.5, 0.6) is 0 Å². The molecule has 0 aliphatic carbocycles. The van der Waals surface area contributed by atoms with Gasteiger partial charge in [0.15, 0.2) is 0 Å². The number of carbonyl (C=O) groups is 1. The van der Waals surface area contributed by atoms with E-state index in [0.29, 0.717) is 26.4 Å². The normalized spacial score (nSPS) is 21.9. The smallest absolute Gasteiger partial charge is 0.310 e. The van der Waals surface area contributed by atoms with Crippen molar-refractivity contribution in [2.75, 3.05) is 26.9 Å². The van der Waals surface area contributed by atoms with Gasteiger partial charge in [-0.05, 0) is 17.7 Å². The van der Waals surface area contributed by atoms with Crippen molar-refractivity contribution in [2.24, 2.45) is 5.92 Å². The Bertz CT molecular complexity index is 477. The first-order chi connectivity index (χ1) is 10.2. The van der Waals surface area contributed by atoms with Gasteiger partial charge >= 0.3 is 5.97 Å². The van der Waals surface area contributed by atoms with Crippen molar-refractivity contribution in [1.82, 2.24) is 4.90 Å². The number of rotatable bonds is 7. The second-order valence-corrected chi connectivity index (χ2v) is 5.31. The molecule has 2 atom stereocenters. The highest BCUT2D eigenvalue weighted by Crippen LogP contribution is 2.23. The molecule has 1 aliphatic heterocycles. The monoisotopic (exact) mass is 293 g/mol. The molecule has 1 saturated heterocycles. The van der Waals surface area contributed by atoms with Gasteiger partial charge in [0, 0.05) is 19.7 Å². The van der Waals surface area contributed by atoms with Crippen LogP contribution in [0.15, 0.2) is 24.3 Å². The van der Waals surface area contributed by atoms with E-state index in [0.717, 1.165) is 12.1 Å². The number of carboxylic acid groups (broad SMARTS) is 1. The molecular weight excluding hydrogens is 270 g/mol. The van der Waals surface area contributed by atoms with Crippen molar-refractivity contribution in [1.29, 1.82) is 0 Å². The Hall–Kier alpha value is -1.43. The van der Waals surface area contributed by atoms with E-state index in [1.165, 1.54) is 5.56 Å². The molecule has 2 unspecified atom stereocenters. The summed E-state index contributed by atoms with van der Waals surface area (Å²) in [4.78, 5) is 13.5. The molecule has 1 heterocycles. The largest absolute Gasteiger partial charge is 0.481 e. The van der Waals surface area contributed by atoms with Crippen LogP contribution in [-0.2, 0) is 27.4 Å². The zero-order valence-electron chi connectivity index (χ0n) is 12.6. The van der Waals surface area contributed by atoms with Crippen LogP contribution in [-0.4, -0.2) is 48.9 Å². The van der Waals surface area contributed by atoms with E-state index in [4.69, 9.17) is 9.47 Å². The number of ether oxygens (including phenoxy) is 2. The maximum atomic E-state index is 11.3. The number of methoxy groups -OCH3 is 1. The number of aliphatic carboxylic acids is 1. The SMILES string of the molecule is CCN(Cc1ccccc1COC)C1COCC1C(=O)O. The molecule has 1 aliphatic rings. The van der Waals surface area contributed by atoms with Crippen molar-refractivity contribution in [3.63, 3.8) is 0 Å². The lowest BCUT2D eigenvalue weighted by Gasteiger charge is -2.29. The predicted octanol–water partition coefficient (Wildman–Crippen LogP) is 1.75. The highest BCUT2D eigenvalue weighted by atomic mass is 16.5. The molecule has 2 rings (SSSR count). The molecule has 1 aromatic carbocycles. The van der Waals surface area contributed by atoms with Gasteiger partial charge in [0.1, 0.15) is 0 Å². The Morgan fingerprint density at radius 1 is 1.38 bits per heavy atom. The molecule has 0 spiro atoms. The van der Waals surface area contributed by atoms with Crippen LogP contribution in [0.25, 0.3) is 0 Å². The Balaban J connectivity index is 2.14. The van der Waals surface area contributed by atoms with Gasteiger partial charge in [0.2, 0.25) is 0 Å². The molecular formula is C16H23NO4. The molecule has 5 heteroatoms. The zero-order valence-corrected chi connectivity index (χ0v) is 12.6. The molecule has 1 aromatic rings. The molecule has 0 saturated carbocycles. The fourth-order valence-electron chi connectivity index (χ4n) is 2.83. The van der Waals surface area contributed by atoms with Gasteiger partial charge in [-0.1, -0.05) is 31.2 Å². The molecule has 0 bridgehead atoms. The summed E-state index contributed by atoms with van der Waals surface area (Å²) in [5.41, 5.74) is 2.32. The molecule has 0 radical (unpaired) electrons. The van der Waals surface area contributed by atoms with Crippen molar-refractivity contribution >= 4 is 5.97 Å². The Kier molecular flexibility index (Phi) is 5.73. The van der Waals surface area contributed by atoms with Crippen molar-refractivity contribution in [3.05, 3.63) is 35.4 Å². The zero-order chi connectivity index (χ0) is 15.2. The third-order valence-electron chi connectivity index (χ3n) is 4.03. The molecule has 116 valence electrons. The minimum Gasteiger partial charge on any atom is -0.481 e. The Labute approximate surface area is 125 Å². The van der Waals surface area contributed by atoms with Crippen LogP contribution in [0.2, 0.25) is 0 Å². The van der Waals surface area contributed by atoms with Crippen LogP contribution >= 0.6 is 0 Å². The average molecular weight is 293 g/mol. The van der Waals surface area contributed by atoms with Crippen LogP contribution in [0.3, 0.4) is 0 Å². The predicted molar refractivity (Wildman–Crippen MR) is 79.0 cm³/mol. The highest BCUT2D eigenvalue weighted by Gasteiger charge is 2.37. The van der Waals surface area contributed by atoms with Gasteiger partial charge in [-0.25, -0.2) is 0 Å². The lowest BCUT2D eigenvalue weighted by Crippen LogP contribution is -2.42. The minimum absolute atomic E-state index is 0.0666. The van der Waals surface area contributed by atoms with Crippen molar-refractivity contribution in [2.45, 2.75) is 26.1 Å². The standard InChI is InChI=1S/C16H23NO4/c1-3-17(15-11-21-10-14(15)16(18)19)8-12-6-4-5-7-13(12)9-20-2/h4-7,14-15H,3,8-11H2,1-2H3,(H,18,19). The number of hydrogen-bond donors (Lipinski definition) is 1. The summed E-state index contributed by atoms with van der Waals surface area (Å²) in [7, 11) is 1.68. The van der Waals surface area contributed by atoms with Gasteiger partial charge in [-0.2, -0.15) is 0 Å². The second kappa shape index (κ2) is 7.54. The summed E-state index contributed by atoms with van der Waals surface area (Å²) in [6.45, 7) is 4.91. The van der Waals surface area contributed by atoms with Crippen LogP contribution in [0.4, 0.5) is 0 Å². The lowest BCUT2D eigenvalue weighted by molar-refractivity contribution is -0.143. The fourth-order valence-corrected chi connectivity index (χ4v) is 2.83. The first-order valence-electron chi connectivity index (χ1n) is 7.27. The van der Waals surface area contributed by atoms with E-state index in [1.807, 2.05) is 18.2 Å². The van der Waals surface area contributed by atoms with E-state index in [2.05, 4.69) is 17.9 Å². The first kappa shape index (κ1) is 15.9. The number of carboxylic acids is 1. The molecule has 1 N–H and O–H groups in total. The summed E-state index contributed by atoms with van der Waals surface area (Å²) in [6, 6.07) is 8.05.